The molecule has 56 heavy (non-hydrogen) atoms. The normalized spacial score (nSPS) is 11.6. The fourth-order valence-electron chi connectivity index (χ4n) is 7.42. The molecule has 11 aromatic rings. The smallest absolute Gasteiger partial charge is 0.227 e. The number of nitrogens with zero attached hydrogens (tertiary/aromatic N) is 6. The lowest BCUT2D eigenvalue weighted by Crippen LogP contribution is -2.01. The summed E-state index contributed by atoms with van der Waals surface area (Å²) in [5.41, 5.74) is 9.12. The predicted octanol–water partition coefficient (Wildman–Crippen LogP) is 12.0. The van der Waals surface area contributed by atoms with Gasteiger partial charge in [-0.3, -0.25) is 4.57 Å². The number of para-hydroxylation sites is 4. The summed E-state index contributed by atoms with van der Waals surface area (Å²) in [6.45, 7) is 0. The average molecular weight is 719 g/mol. The number of fused-ring (bicyclic) bond motifs is 4. The molecule has 262 valence electrons. The largest absolute Gasteiger partial charge is 0.436 e. The Morgan fingerprint density at radius 2 is 0.857 bits per heavy atom. The van der Waals surface area contributed by atoms with Crippen molar-refractivity contribution < 1.29 is 4.42 Å². The average Bonchev–Trinajstić information content (AvgIpc) is 3.89. The van der Waals surface area contributed by atoms with Crippen molar-refractivity contribution in [3.63, 3.8) is 0 Å². The maximum atomic E-state index is 6.04. The van der Waals surface area contributed by atoms with E-state index in [1.807, 2.05) is 54.6 Å². The van der Waals surface area contributed by atoms with Gasteiger partial charge >= 0.3 is 0 Å². The SMILES string of the molecule is c1ccc2cc(-c3nc(-c4ccc(-n5c(-c6ccc(-c7nc8ccccc8o7)cc6)nc6ccccc65)cc4)nc(-c4ccc5ccccc5c4)n3)ccc2c1. The molecule has 0 N–H and O–H groups in total. The summed E-state index contributed by atoms with van der Waals surface area (Å²) in [5.74, 6) is 3.27. The molecule has 7 nitrogen and oxygen atoms in total. The van der Waals surface area contributed by atoms with E-state index in [0.29, 0.717) is 23.4 Å². The monoisotopic (exact) mass is 718 g/mol. The summed E-state index contributed by atoms with van der Waals surface area (Å²) >= 11 is 0. The third kappa shape index (κ3) is 5.58. The lowest BCUT2D eigenvalue weighted by molar-refractivity contribution is 0.620. The maximum Gasteiger partial charge on any atom is 0.227 e. The molecule has 0 aliphatic carbocycles. The van der Waals surface area contributed by atoms with E-state index in [0.717, 1.165) is 72.2 Å². The highest BCUT2D eigenvalue weighted by Crippen LogP contribution is 2.33. The number of benzene rings is 8. The van der Waals surface area contributed by atoms with Crippen LogP contribution >= 0.6 is 0 Å². The van der Waals surface area contributed by atoms with Crippen molar-refractivity contribution in [3.05, 3.63) is 182 Å². The zero-order chi connectivity index (χ0) is 37.0. The van der Waals surface area contributed by atoms with Gasteiger partial charge in [0.25, 0.3) is 0 Å². The predicted molar refractivity (Wildman–Crippen MR) is 224 cm³/mol. The van der Waals surface area contributed by atoms with Crippen molar-refractivity contribution in [1.82, 2.24) is 29.5 Å². The highest BCUT2D eigenvalue weighted by Gasteiger charge is 2.17. The number of oxazole rings is 1. The Labute approximate surface area is 321 Å². The minimum Gasteiger partial charge on any atom is -0.436 e. The Morgan fingerprint density at radius 3 is 1.50 bits per heavy atom. The molecule has 0 saturated carbocycles. The molecule has 0 atom stereocenters. The minimum absolute atomic E-state index is 0.590. The first-order valence-electron chi connectivity index (χ1n) is 18.5. The summed E-state index contributed by atoms with van der Waals surface area (Å²) in [7, 11) is 0. The van der Waals surface area contributed by atoms with Crippen LogP contribution in [0.25, 0.3) is 106 Å². The molecule has 3 aromatic heterocycles. The van der Waals surface area contributed by atoms with E-state index < -0.39 is 0 Å². The van der Waals surface area contributed by atoms with E-state index in [-0.39, 0.29) is 0 Å². The zero-order valence-corrected chi connectivity index (χ0v) is 29.9. The first kappa shape index (κ1) is 31.7. The standard InChI is InChI=1S/C49H30N6O/c1-3-11-36-29-38(23-17-31(36)9-1)46-52-45(53-47(54-46)39-24-18-32-10-2-4-12-37(32)30-39)33-25-27-40(28-26-33)55-43-15-7-5-13-41(43)50-48(55)34-19-21-35(22-20-34)49-51-42-14-6-8-16-44(42)56-49/h1-30H. The van der Waals surface area contributed by atoms with Crippen LogP contribution in [0.5, 0.6) is 0 Å². The molecule has 8 aromatic carbocycles. The highest BCUT2D eigenvalue weighted by molar-refractivity contribution is 5.89. The number of imidazole rings is 1. The third-order valence-corrected chi connectivity index (χ3v) is 10.3. The molecule has 0 unspecified atom stereocenters. The molecule has 7 heteroatoms. The Balaban J connectivity index is 0.999. The first-order valence-corrected chi connectivity index (χ1v) is 18.5. The van der Waals surface area contributed by atoms with Crippen LogP contribution in [-0.2, 0) is 0 Å². The van der Waals surface area contributed by atoms with Gasteiger partial charge in [-0.05, 0) is 94.3 Å². The van der Waals surface area contributed by atoms with Crippen LogP contribution in [0.1, 0.15) is 0 Å². The second kappa shape index (κ2) is 13.0. The van der Waals surface area contributed by atoms with Gasteiger partial charge in [0.1, 0.15) is 11.3 Å². The number of aromatic nitrogens is 6. The van der Waals surface area contributed by atoms with E-state index in [2.05, 4.69) is 137 Å². The van der Waals surface area contributed by atoms with Crippen LogP contribution in [0.15, 0.2) is 186 Å². The molecule has 0 saturated heterocycles. The molecule has 0 radical (unpaired) electrons. The van der Waals surface area contributed by atoms with Crippen LogP contribution in [0, 0.1) is 0 Å². The van der Waals surface area contributed by atoms with E-state index >= 15 is 0 Å². The van der Waals surface area contributed by atoms with Crippen molar-refractivity contribution in [2.75, 3.05) is 0 Å². The molecule has 0 aliphatic heterocycles. The molecule has 3 heterocycles. The summed E-state index contributed by atoms with van der Waals surface area (Å²) in [4.78, 5) is 25.0. The van der Waals surface area contributed by atoms with Gasteiger partial charge in [-0.15, -0.1) is 0 Å². The Morgan fingerprint density at radius 1 is 0.357 bits per heavy atom. The molecular formula is C49H30N6O. The second-order valence-electron chi connectivity index (χ2n) is 13.8. The minimum atomic E-state index is 0.590. The lowest BCUT2D eigenvalue weighted by Gasteiger charge is -2.12. The fraction of sp³-hybridized carbons (Fsp3) is 0. The van der Waals surface area contributed by atoms with Gasteiger partial charge in [-0.25, -0.2) is 24.9 Å². The zero-order valence-electron chi connectivity index (χ0n) is 29.9. The van der Waals surface area contributed by atoms with Gasteiger partial charge in [0.05, 0.1) is 11.0 Å². The van der Waals surface area contributed by atoms with E-state index in [4.69, 9.17) is 24.4 Å². The van der Waals surface area contributed by atoms with Crippen LogP contribution in [0.2, 0.25) is 0 Å². The molecule has 0 amide bonds. The van der Waals surface area contributed by atoms with Gasteiger partial charge in [0, 0.05) is 33.5 Å². The van der Waals surface area contributed by atoms with E-state index in [1.165, 1.54) is 10.8 Å². The van der Waals surface area contributed by atoms with Crippen molar-refractivity contribution in [2.24, 2.45) is 0 Å². The van der Waals surface area contributed by atoms with Crippen LogP contribution in [-0.4, -0.2) is 29.5 Å². The van der Waals surface area contributed by atoms with Gasteiger partial charge in [0.15, 0.2) is 23.1 Å². The van der Waals surface area contributed by atoms with Gasteiger partial charge in [-0.2, -0.15) is 0 Å². The topological polar surface area (TPSA) is 82.5 Å². The van der Waals surface area contributed by atoms with Crippen LogP contribution in [0.4, 0.5) is 0 Å². The Bertz CT molecular complexity index is 3120. The molecule has 0 bridgehead atoms. The number of hydrogen-bond donors (Lipinski definition) is 0. The number of rotatable bonds is 6. The summed E-state index contributed by atoms with van der Waals surface area (Å²) in [6.07, 6.45) is 0. The number of hydrogen-bond acceptors (Lipinski definition) is 6. The van der Waals surface area contributed by atoms with Crippen LogP contribution < -0.4 is 0 Å². The maximum absolute atomic E-state index is 6.04. The van der Waals surface area contributed by atoms with Gasteiger partial charge in [0.2, 0.25) is 5.89 Å². The lowest BCUT2D eigenvalue weighted by atomic mass is 10.1. The summed E-state index contributed by atoms with van der Waals surface area (Å²) < 4.78 is 8.24. The van der Waals surface area contributed by atoms with Gasteiger partial charge in [-0.1, -0.05) is 109 Å². The van der Waals surface area contributed by atoms with Crippen LogP contribution in [0.3, 0.4) is 0 Å². The van der Waals surface area contributed by atoms with E-state index in [9.17, 15) is 0 Å². The van der Waals surface area contributed by atoms with Crippen molar-refractivity contribution in [1.29, 1.82) is 0 Å². The van der Waals surface area contributed by atoms with E-state index in [1.54, 1.807) is 0 Å². The molecule has 0 fully saturated rings. The van der Waals surface area contributed by atoms with Crippen molar-refractivity contribution in [2.45, 2.75) is 0 Å². The second-order valence-corrected chi connectivity index (χ2v) is 13.8. The van der Waals surface area contributed by atoms with Crippen molar-refractivity contribution in [3.8, 4) is 62.7 Å². The molecular weight excluding hydrogens is 689 g/mol. The van der Waals surface area contributed by atoms with Gasteiger partial charge < -0.3 is 4.42 Å². The fourth-order valence-corrected chi connectivity index (χ4v) is 7.42. The Hall–Kier alpha value is -7.77. The molecule has 0 aliphatic rings. The summed E-state index contributed by atoms with van der Waals surface area (Å²) in [5, 5.41) is 4.60. The first-order chi connectivity index (χ1) is 27.7. The molecule has 11 rings (SSSR count). The summed E-state index contributed by atoms with van der Waals surface area (Å²) in [6, 6.07) is 62.0. The van der Waals surface area contributed by atoms with Crippen molar-refractivity contribution >= 4 is 43.7 Å². The third-order valence-electron chi connectivity index (χ3n) is 10.3. The highest BCUT2D eigenvalue weighted by atomic mass is 16.3. The quantitative estimate of drug-likeness (QED) is 0.170. The molecule has 0 spiro atoms. The Kier molecular flexibility index (Phi) is 7.35.